The van der Waals surface area contributed by atoms with E-state index in [4.69, 9.17) is 0 Å². The quantitative estimate of drug-likeness (QED) is 0.801. The molecule has 1 aromatic rings. The van der Waals surface area contributed by atoms with E-state index in [9.17, 15) is 9.18 Å². The number of amides is 1. The summed E-state index contributed by atoms with van der Waals surface area (Å²) in [5, 5.41) is 0. The van der Waals surface area contributed by atoms with Crippen molar-refractivity contribution in [2.45, 2.75) is 45.1 Å². The van der Waals surface area contributed by atoms with Crippen molar-refractivity contribution in [2.75, 3.05) is 26.2 Å². The van der Waals surface area contributed by atoms with Crippen molar-refractivity contribution in [1.29, 1.82) is 0 Å². The van der Waals surface area contributed by atoms with Crippen molar-refractivity contribution in [3.05, 3.63) is 35.6 Å². The maximum atomic E-state index is 13.7. The van der Waals surface area contributed by atoms with Crippen molar-refractivity contribution >= 4 is 18.3 Å². The molecule has 0 radical (unpaired) electrons. The maximum absolute atomic E-state index is 13.7. The maximum Gasteiger partial charge on any atom is 0.222 e. The highest BCUT2D eigenvalue weighted by molar-refractivity contribution is 5.85. The number of halogens is 2. The summed E-state index contributed by atoms with van der Waals surface area (Å²) in [6.07, 6.45) is 7.07. The Balaban J connectivity index is 0.00000208. The molecule has 1 heterocycles. The third kappa shape index (κ3) is 5.18. The Morgan fingerprint density at radius 1 is 1.08 bits per heavy atom. The zero-order valence-electron chi connectivity index (χ0n) is 14.3. The largest absolute Gasteiger partial charge is 0.340 e. The molecule has 2 fully saturated rings. The molecular weight excluding hydrogens is 327 g/mol. The number of carbonyl (C=O) groups is 1. The molecule has 0 atom stereocenters. The number of rotatable bonds is 5. The van der Waals surface area contributed by atoms with E-state index in [-0.39, 0.29) is 18.2 Å². The first-order chi connectivity index (χ1) is 11.2. The second-order valence-electron chi connectivity index (χ2n) is 6.94. The lowest BCUT2D eigenvalue weighted by Crippen LogP contribution is -2.48. The Labute approximate surface area is 150 Å². The van der Waals surface area contributed by atoms with Gasteiger partial charge in [-0.2, -0.15) is 0 Å². The normalized spacial score (nSPS) is 19.3. The van der Waals surface area contributed by atoms with Gasteiger partial charge >= 0.3 is 0 Å². The van der Waals surface area contributed by atoms with E-state index < -0.39 is 0 Å². The van der Waals surface area contributed by atoms with E-state index in [0.29, 0.717) is 18.9 Å². The van der Waals surface area contributed by atoms with Crippen molar-refractivity contribution in [3.8, 4) is 0 Å². The van der Waals surface area contributed by atoms with Crippen LogP contribution in [-0.2, 0) is 11.3 Å². The average molecular weight is 355 g/mol. The Kier molecular flexibility index (Phi) is 7.50. The van der Waals surface area contributed by atoms with Crippen LogP contribution in [0.3, 0.4) is 0 Å². The monoisotopic (exact) mass is 354 g/mol. The Morgan fingerprint density at radius 3 is 2.42 bits per heavy atom. The van der Waals surface area contributed by atoms with Crippen LogP contribution in [0.15, 0.2) is 24.3 Å². The van der Waals surface area contributed by atoms with Crippen LogP contribution in [-0.4, -0.2) is 41.9 Å². The van der Waals surface area contributed by atoms with Crippen LogP contribution in [0, 0.1) is 11.7 Å². The van der Waals surface area contributed by atoms with Gasteiger partial charge in [0.2, 0.25) is 5.91 Å². The van der Waals surface area contributed by atoms with Crippen LogP contribution in [0.2, 0.25) is 0 Å². The van der Waals surface area contributed by atoms with Gasteiger partial charge in [-0.15, -0.1) is 12.4 Å². The Hall–Kier alpha value is -1.13. The molecule has 0 bridgehead atoms. The molecule has 0 aromatic heterocycles. The number of hydrogen-bond donors (Lipinski definition) is 0. The van der Waals surface area contributed by atoms with Gasteiger partial charge in [0.15, 0.2) is 0 Å². The molecule has 1 amide bonds. The minimum absolute atomic E-state index is 0. The standard InChI is InChI=1S/C19H27FN2O.ClH/c20-18-8-4-3-7-17(18)15-21-11-13-22(14-12-21)19(23)10-9-16-5-1-2-6-16;/h3-4,7-8,16H,1-2,5-6,9-15H2;1H. The van der Waals surface area contributed by atoms with Gasteiger partial charge in [-0.25, -0.2) is 4.39 Å². The number of benzene rings is 1. The second-order valence-corrected chi connectivity index (χ2v) is 6.94. The molecule has 2 aliphatic rings. The number of piperazine rings is 1. The van der Waals surface area contributed by atoms with Gasteiger partial charge in [0.1, 0.15) is 5.82 Å². The minimum Gasteiger partial charge on any atom is -0.340 e. The van der Waals surface area contributed by atoms with Gasteiger partial charge in [-0.05, 0) is 18.4 Å². The van der Waals surface area contributed by atoms with Gasteiger partial charge in [-0.1, -0.05) is 43.9 Å². The van der Waals surface area contributed by atoms with Crippen LogP contribution >= 0.6 is 12.4 Å². The summed E-state index contributed by atoms with van der Waals surface area (Å²) >= 11 is 0. The first kappa shape index (κ1) is 19.2. The molecule has 0 unspecified atom stereocenters. The van der Waals surface area contributed by atoms with E-state index in [0.717, 1.165) is 44.1 Å². The summed E-state index contributed by atoms with van der Waals surface area (Å²) in [4.78, 5) is 16.5. The van der Waals surface area contributed by atoms with Gasteiger partial charge in [0, 0.05) is 44.7 Å². The molecule has 3 rings (SSSR count). The van der Waals surface area contributed by atoms with E-state index >= 15 is 0 Å². The fraction of sp³-hybridized carbons (Fsp3) is 0.632. The van der Waals surface area contributed by atoms with Crippen LogP contribution in [0.1, 0.15) is 44.1 Å². The van der Waals surface area contributed by atoms with Crippen molar-refractivity contribution in [1.82, 2.24) is 9.80 Å². The molecule has 1 saturated carbocycles. The molecule has 3 nitrogen and oxygen atoms in total. The lowest BCUT2D eigenvalue weighted by Gasteiger charge is -2.35. The minimum atomic E-state index is -0.137. The fourth-order valence-electron chi connectivity index (χ4n) is 3.81. The van der Waals surface area contributed by atoms with Gasteiger partial charge in [0.25, 0.3) is 0 Å². The van der Waals surface area contributed by atoms with E-state index in [1.807, 2.05) is 17.0 Å². The Bertz CT molecular complexity index is 526. The van der Waals surface area contributed by atoms with Crippen LogP contribution in [0.4, 0.5) is 4.39 Å². The molecule has 1 aliphatic heterocycles. The zero-order chi connectivity index (χ0) is 16.1. The second kappa shape index (κ2) is 9.38. The summed E-state index contributed by atoms with van der Waals surface area (Å²) in [7, 11) is 0. The first-order valence-electron chi connectivity index (χ1n) is 8.96. The molecular formula is C19H28ClFN2O. The highest BCUT2D eigenvalue weighted by Crippen LogP contribution is 2.28. The molecule has 0 N–H and O–H groups in total. The number of nitrogens with zero attached hydrogens (tertiary/aromatic N) is 2. The van der Waals surface area contributed by atoms with Gasteiger partial charge in [0.05, 0.1) is 0 Å². The van der Waals surface area contributed by atoms with Gasteiger partial charge < -0.3 is 4.90 Å². The highest BCUT2D eigenvalue weighted by Gasteiger charge is 2.23. The lowest BCUT2D eigenvalue weighted by molar-refractivity contribution is -0.133. The first-order valence-corrected chi connectivity index (χ1v) is 8.96. The predicted molar refractivity (Wildman–Crippen MR) is 96.7 cm³/mol. The lowest BCUT2D eigenvalue weighted by atomic mass is 10.0. The average Bonchev–Trinajstić information content (AvgIpc) is 3.09. The van der Waals surface area contributed by atoms with Gasteiger partial charge in [-0.3, -0.25) is 9.69 Å². The molecule has 5 heteroatoms. The predicted octanol–water partition coefficient (Wildman–Crippen LogP) is 3.86. The van der Waals surface area contributed by atoms with Crippen molar-refractivity contribution < 1.29 is 9.18 Å². The van der Waals surface area contributed by atoms with E-state index in [1.165, 1.54) is 31.7 Å². The fourth-order valence-corrected chi connectivity index (χ4v) is 3.81. The molecule has 134 valence electrons. The topological polar surface area (TPSA) is 23.6 Å². The van der Waals surface area contributed by atoms with Crippen LogP contribution < -0.4 is 0 Å². The van der Waals surface area contributed by atoms with Crippen LogP contribution in [0.5, 0.6) is 0 Å². The summed E-state index contributed by atoms with van der Waals surface area (Å²) < 4.78 is 13.7. The van der Waals surface area contributed by atoms with E-state index in [2.05, 4.69) is 4.90 Å². The van der Waals surface area contributed by atoms with E-state index in [1.54, 1.807) is 6.07 Å². The summed E-state index contributed by atoms with van der Waals surface area (Å²) in [6.45, 7) is 3.86. The molecule has 24 heavy (non-hydrogen) atoms. The third-order valence-electron chi connectivity index (χ3n) is 5.32. The van der Waals surface area contributed by atoms with Crippen molar-refractivity contribution in [2.24, 2.45) is 5.92 Å². The Morgan fingerprint density at radius 2 is 1.75 bits per heavy atom. The van der Waals surface area contributed by atoms with Crippen LogP contribution in [0.25, 0.3) is 0 Å². The SMILES string of the molecule is Cl.O=C(CCC1CCCC1)N1CCN(Cc2ccccc2F)CC1. The highest BCUT2D eigenvalue weighted by atomic mass is 35.5. The number of carbonyl (C=O) groups excluding carboxylic acids is 1. The summed E-state index contributed by atoms with van der Waals surface area (Å²) in [5.41, 5.74) is 0.744. The summed E-state index contributed by atoms with van der Waals surface area (Å²) in [5.74, 6) is 0.950. The third-order valence-corrected chi connectivity index (χ3v) is 5.32. The molecule has 1 saturated heterocycles. The summed E-state index contributed by atoms with van der Waals surface area (Å²) in [6, 6.07) is 6.95. The smallest absolute Gasteiger partial charge is 0.222 e. The van der Waals surface area contributed by atoms with Crippen molar-refractivity contribution in [3.63, 3.8) is 0 Å². The zero-order valence-corrected chi connectivity index (χ0v) is 15.1. The molecule has 1 aromatic carbocycles. The molecule has 0 spiro atoms. The molecule has 1 aliphatic carbocycles. The number of hydrogen-bond acceptors (Lipinski definition) is 2.